The Bertz CT molecular complexity index is 1560. The van der Waals surface area contributed by atoms with Crippen LogP contribution < -0.4 is 23.7 Å². The molecule has 0 fully saturated rings. The first kappa shape index (κ1) is 37.1. The van der Waals surface area contributed by atoms with E-state index >= 15 is 0 Å². The van der Waals surface area contributed by atoms with Crippen molar-refractivity contribution in [2.45, 2.75) is 121 Å². The summed E-state index contributed by atoms with van der Waals surface area (Å²) in [6.45, 7) is 4.02. The van der Waals surface area contributed by atoms with Crippen LogP contribution in [0.25, 0.3) is 6.08 Å². The molecule has 3 heterocycles. The predicted molar refractivity (Wildman–Crippen MR) is 193 cm³/mol. The van der Waals surface area contributed by atoms with Crippen molar-refractivity contribution in [3.05, 3.63) is 53.1 Å². The summed E-state index contributed by atoms with van der Waals surface area (Å²) >= 11 is 0. The summed E-state index contributed by atoms with van der Waals surface area (Å²) in [5.74, 6) is 1.58. The third-order valence-corrected chi connectivity index (χ3v) is 10.0. The number of unbranched alkanes of at least 4 members (excludes halogenated alkanes) is 9. The number of carbonyl (C=O) groups excluding carboxylic acids is 1. The lowest BCUT2D eigenvalue weighted by Gasteiger charge is -2.39. The Morgan fingerprint density at radius 3 is 2.22 bits per heavy atom. The molecule has 3 aliphatic heterocycles. The van der Waals surface area contributed by atoms with Crippen LogP contribution in [0.1, 0.15) is 131 Å². The van der Waals surface area contributed by atoms with E-state index in [4.69, 9.17) is 28.8 Å². The van der Waals surface area contributed by atoms with Gasteiger partial charge in [-0.25, -0.2) is 0 Å². The molecule has 6 rings (SSSR count). The number of phenolic OH excluding ortho intramolecular Hbond substituents is 1. The van der Waals surface area contributed by atoms with Crippen molar-refractivity contribution in [3.8, 4) is 34.5 Å². The van der Waals surface area contributed by atoms with E-state index in [2.05, 4.69) is 12.2 Å². The van der Waals surface area contributed by atoms with Gasteiger partial charge < -0.3 is 33.9 Å². The van der Waals surface area contributed by atoms with Crippen molar-refractivity contribution >= 4 is 17.8 Å². The molecule has 272 valence electrons. The Labute approximate surface area is 296 Å². The molecule has 0 bridgehead atoms. The molecular weight excluding hydrogens is 636 g/mol. The van der Waals surface area contributed by atoms with Gasteiger partial charge in [-0.3, -0.25) is 9.59 Å². The standard InChI is InChI=1S/C23H22O7.C18H32O2/c1-23(2)6-5-11-15(30-23)8-13(24)20-21(25)19-12-7-16(26-3)17(27-4)9-14(12)28-10-18(19)29-22(11)20;19-18(20)16-10-8-6-4-2-1-3-5-7-9-13-17-14-11-12-15-17/h5-9,18-19,24H,10H2,1-4H3;11,14,17H,1-10,12-13,15-16H2,(H,19,20). The van der Waals surface area contributed by atoms with E-state index in [1.54, 1.807) is 19.2 Å². The number of benzene rings is 2. The summed E-state index contributed by atoms with van der Waals surface area (Å²) in [5.41, 5.74) is 0.930. The summed E-state index contributed by atoms with van der Waals surface area (Å²) in [5, 5.41) is 19.2. The normalized spacial score (nSPS) is 20.5. The molecule has 9 nitrogen and oxygen atoms in total. The quantitative estimate of drug-likeness (QED) is 0.139. The molecule has 4 aliphatic rings. The van der Waals surface area contributed by atoms with Crippen LogP contribution in [0.15, 0.2) is 36.4 Å². The number of hydrogen-bond donors (Lipinski definition) is 2. The van der Waals surface area contributed by atoms with Crippen molar-refractivity contribution < 1.29 is 43.5 Å². The average Bonchev–Trinajstić information content (AvgIpc) is 3.61. The number of fused-ring (bicyclic) bond motifs is 6. The largest absolute Gasteiger partial charge is 0.507 e. The molecule has 2 N–H and O–H groups in total. The number of Topliss-reactive ketones (excluding diaryl/α,β-unsaturated/α-hetero) is 1. The Morgan fingerprint density at radius 2 is 1.58 bits per heavy atom. The molecular formula is C41H54O9. The highest BCUT2D eigenvalue weighted by Crippen LogP contribution is 2.52. The molecule has 0 saturated carbocycles. The highest BCUT2D eigenvalue weighted by Gasteiger charge is 2.46. The van der Waals surface area contributed by atoms with E-state index in [0.29, 0.717) is 46.3 Å². The Hall–Kier alpha value is -4.14. The van der Waals surface area contributed by atoms with Gasteiger partial charge in [0.2, 0.25) is 0 Å². The molecule has 3 unspecified atom stereocenters. The van der Waals surface area contributed by atoms with E-state index in [0.717, 1.165) is 18.8 Å². The van der Waals surface area contributed by atoms with Crippen LogP contribution in [0.4, 0.5) is 0 Å². The minimum atomic E-state index is -0.655. The number of ether oxygens (including phenoxy) is 5. The van der Waals surface area contributed by atoms with Crippen molar-refractivity contribution in [2.75, 3.05) is 20.8 Å². The van der Waals surface area contributed by atoms with Gasteiger partial charge in [0.1, 0.15) is 46.9 Å². The van der Waals surface area contributed by atoms with Gasteiger partial charge in [0.25, 0.3) is 0 Å². The van der Waals surface area contributed by atoms with Crippen LogP contribution in [-0.4, -0.2) is 54.5 Å². The third-order valence-electron chi connectivity index (χ3n) is 10.0. The van der Waals surface area contributed by atoms with Gasteiger partial charge in [0.15, 0.2) is 17.3 Å². The Morgan fingerprint density at radius 1 is 0.920 bits per heavy atom. The van der Waals surface area contributed by atoms with Crippen LogP contribution in [0.3, 0.4) is 0 Å². The minimum Gasteiger partial charge on any atom is -0.507 e. The first-order chi connectivity index (χ1) is 24.1. The van der Waals surface area contributed by atoms with Crippen molar-refractivity contribution in [1.82, 2.24) is 0 Å². The van der Waals surface area contributed by atoms with Gasteiger partial charge in [0.05, 0.1) is 25.7 Å². The zero-order valence-corrected chi connectivity index (χ0v) is 30.1. The molecule has 50 heavy (non-hydrogen) atoms. The summed E-state index contributed by atoms with van der Waals surface area (Å²) < 4.78 is 28.8. The second-order valence-corrected chi connectivity index (χ2v) is 14.3. The fourth-order valence-electron chi connectivity index (χ4n) is 7.31. The van der Waals surface area contributed by atoms with Crippen molar-refractivity contribution in [3.63, 3.8) is 0 Å². The monoisotopic (exact) mass is 690 g/mol. The van der Waals surface area contributed by atoms with Gasteiger partial charge in [-0.2, -0.15) is 0 Å². The highest BCUT2D eigenvalue weighted by molar-refractivity contribution is 6.08. The zero-order valence-electron chi connectivity index (χ0n) is 30.1. The van der Waals surface area contributed by atoms with E-state index < -0.39 is 23.6 Å². The third kappa shape index (κ3) is 9.15. The fourth-order valence-corrected chi connectivity index (χ4v) is 7.31. The molecule has 9 heteroatoms. The number of carboxylic acids is 1. The number of ketones is 1. The Kier molecular flexibility index (Phi) is 12.8. The lowest BCUT2D eigenvalue weighted by molar-refractivity contribution is -0.137. The number of aromatic hydroxyl groups is 1. The molecule has 1 aliphatic carbocycles. The highest BCUT2D eigenvalue weighted by atomic mass is 16.5. The zero-order chi connectivity index (χ0) is 35.7. The maximum atomic E-state index is 13.6. The van der Waals surface area contributed by atoms with Gasteiger partial charge in [-0.05, 0) is 63.7 Å². The van der Waals surface area contributed by atoms with E-state index in [-0.39, 0.29) is 23.7 Å². The molecule has 2 aromatic carbocycles. The van der Waals surface area contributed by atoms with E-state index in [1.165, 1.54) is 83.8 Å². The Balaban J connectivity index is 0.000000213. The van der Waals surface area contributed by atoms with Crippen LogP contribution in [-0.2, 0) is 4.79 Å². The molecule has 2 aromatic rings. The number of phenols is 1. The summed E-state index contributed by atoms with van der Waals surface area (Å²) in [6.07, 6.45) is 25.1. The van der Waals surface area contributed by atoms with Crippen LogP contribution in [0, 0.1) is 5.92 Å². The molecule has 0 aromatic heterocycles. The maximum Gasteiger partial charge on any atom is 0.303 e. The number of carbonyl (C=O) groups is 2. The van der Waals surface area contributed by atoms with Gasteiger partial charge >= 0.3 is 5.97 Å². The number of carboxylic acid groups (broad SMARTS) is 1. The second kappa shape index (κ2) is 17.2. The first-order valence-corrected chi connectivity index (χ1v) is 18.4. The molecule has 0 spiro atoms. The smallest absolute Gasteiger partial charge is 0.303 e. The fraction of sp³-hybridized carbons (Fsp3) is 0.561. The van der Waals surface area contributed by atoms with E-state index in [1.807, 2.05) is 26.0 Å². The number of methoxy groups -OCH3 is 2. The van der Waals surface area contributed by atoms with Gasteiger partial charge in [-0.1, -0.05) is 69.9 Å². The van der Waals surface area contributed by atoms with Crippen LogP contribution in [0.2, 0.25) is 0 Å². The number of rotatable bonds is 15. The molecule has 0 saturated heterocycles. The van der Waals surface area contributed by atoms with Crippen LogP contribution in [0.5, 0.6) is 34.5 Å². The van der Waals surface area contributed by atoms with Gasteiger partial charge in [0, 0.05) is 24.1 Å². The topological polar surface area (TPSA) is 121 Å². The summed E-state index contributed by atoms with van der Waals surface area (Å²) in [6, 6.07) is 4.92. The predicted octanol–water partition coefficient (Wildman–Crippen LogP) is 9.43. The van der Waals surface area contributed by atoms with Crippen molar-refractivity contribution in [1.29, 1.82) is 0 Å². The van der Waals surface area contributed by atoms with Crippen LogP contribution >= 0.6 is 0 Å². The maximum absolute atomic E-state index is 13.6. The SMILES string of the molecule is COc1cc2c(cc1OC)C1C(=O)c3c(O)cc4c(c3OC1CO2)C=CC(C)(C)O4.O=C(O)CCCCCCCCCCCCC1C=CCC1. The number of allylic oxidation sites excluding steroid dienone is 2. The minimum absolute atomic E-state index is 0.158. The molecule has 0 amide bonds. The number of aliphatic carboxylic acids is 1. The summed E-state index contributed by atoms with van der Waals surface area (Å²) in [7, 11) is 3.07. The van der Waals surface area contributed by atoms with Gasteiger partial charge in [-0.15, -0.1) is 0 Å². The first-order valence-electron chi connectivity index (χ1n) is 18.4. The average molecular weight is 691 g/mol. The second-order valence-electron chi connectivity index (χ2n) is 14.3. The molecule has 0 radical (unpaired) electrons. The lowest BCUT2D eigenvalue weighted by Crippen LogP contribution is -2.43. The summed E-state index contributed by atoms with van der Waals surface area (Å²) in [4.78, 5) is 23.9. The lowest BCUT2D eigenvalue weighted by atomic mass is 9.80. The van der Waals surface area contributed by atoms with E-state index in [9.17, 15) is 14.7 Å². The number of hydrogen-bond acceptors (Lipinski definition) is 8. The van der Waals surface area contributed by atoms with Crippen molar-refractivity contribution in [2.24, 2.45) is 5.92 Å². The molecule has 3 atom stereocenters.